The number of methoxy groups -OCH3 is 1. The number of benzene rings is 1. The number of halogens is 1. The maximum Gasteiger partial charge on any atom is 0.180 e. The van der Waals surface area contributed by atoms with Crippen LogP contribution in [0, 0.1) is 0 Å². The van der Waals surface area contributed by atoms with Gasteiger partial charge in [0.25, 0.3) is 0 Å². The smallest absolute Gasteiger partial charge is 0.180 e. The minimum Gasteiger partial charge on any atom is -0.493 e. The van der Waals surface area contributed by atoms with E-state index in [1.54, 1.807) is 13.2 Å². The van der Waals surface area contributed by atoms with Crippen molar-refractivity contribution in [1.82, 2.24) is 5.32 Å². The Labute approximate surface area is 125 Å². The van der Waals surface area contributed by atoms with Crippen molar-refractivity contribution in [2.75, 3.05) is 13.7 Å². The van der Waals surface area contributed by atoms with E-state index in [9.17, 15) is 0 Å². The molecule has 0 amide bonds. The Morgan fingerprint density at radius 1 is 1.40 bits per heavy atom. The molecule has 1 fully saturated rings. The standard InChI is InChI=1S/C16H22ClNO2/c1-3-8-20-16-14(17)9-12(10-15(16)19-2)11-18-13-6-4-5-7-13/h3,9-10,13,18H,1,4-8,11H2,2H3. The SMILES string of the molecule is C=CCOc1c(Cl)cc(CNC2CCCC2)cc1OC. The first-order chi connectivity index (χ1) is 9.74. The van der Waals surface area contributed by atoms with Gasteiger partial charge in [-0.2, -0.15) is 0 Å². The predicted octanol–water partition coefficient (Wildman–Crippen LogP) is 3.95. The first-order valence-electron chi connectivity index (χ1n) is 7.08. The monoisotopic (exact) mass is 295 g/mol. The Balaban J connectivity index is 2.05. The molecule has 3 nitrogen and oxygen atoms in total. The van der Waals surface area contributed by atoms with Crippen molar-refractivity contribution in [1.29, 1.82) is 0 Å². The lowest BCUT2D eigenvalue weighted by Crippen LogP contribution is -2.25. The molecule has 0 atom stereocenters. The highest BCUT2D eigenvalue weighted by Crippen LogP contribution is 2.36. The zero-order chi connectivity index (χ0) is 14.4. The van der Waals surface area contributed by atoms with Gasteiger partial charge in [0, 0.05) is 12.6 Å². The zero-order valence-corrected chi connectivity index (χ0v) is 12.7. The van der Waals surface area contributed by atoms with Crippen molar-refractivity contribution in [2.24, 2.45) is 0 Å². The average Bonchev–Trinajstić information content (AvgIpc) is 2.96. The van der Waals surface area contributed by atoms with E-state index in [0.717, 1.165) is 12.1 Å². The van der Waals surface area contributed by atoms with Gasteiger partial charge >= 0.3 is 0 Å². The Morgan fingerprint density at radius 3 is 2.80 bits per heavy atom. The molecule has 1 saturated carbocycles. The minimum absolute atomic E-state index is 0.412. The normalized spacial score (nSPS) is 15.3. The molecule has 0 spiro atoms. The molecular weight excluding hydrogens is 274 g/mol. The quantitative estimate of drug-likeness (QED) is 0.773. The second-order valence-electron chi connectivity index (χ2n) is 5.07. The van der Waals surface area contributed by atoms with Crippen LogP contribution >= 0.6 is 11.6 Å². The molecule has 1 aliphatic rings. The van der Waals surface area contributed by atoms with Crippen molar-refractivity contribution >= 4 is 11.6 Å². The third-order valence-corrected chi connectivity index (χ3v) is 3.87. The van der Waals surface area contributed by atoms with E-state index in [2.05, 4.69) is 11.9 Å². The number of ether oxygens (including phenoxy) is 2. The Kier molecular flexibility index (Phi) is 5.74. The van der Waals surface area contributed by atoms with Crippen LogP contribution in [0.4, 0.5) is 0 Å². The molecule has 1 aromatic carbocycles. The summed E-state index contributed by atoms with van der Waals surface area (Å²) in [6, 6.07) is 4.55. The van der Waals surface area contributed by atoms with Gasteiger partial charge in [-0.25, -0.2) is 0 Å². The van der Waals surface area contributed by atoms with Gasteiger partial charge in [0.15, 0.2) is 11.5 Å². The van der Waals surface area contributed by atoms with Gasteiger partial charge < -0.3 is 14.8 Å². The van der Waals surface area contributed by atoms with E-state index in [-0.39, 0.29) is 0 Å². The van der Waals surface area contributed by atoms with Crippen molar-refractivity contribution in [3.05, 3.63) is 35.4 Å². The Morgan fingerprint density at radius 2 is 2.15 bits per heavy atom. The lowest BCUT2D eigenvalue weighted by atomic mass is 10.1. The fraction of sp³-hybridized carbons (Fsp3) is 0.500. The first-order valence-corrected chi connectivity index (χ1v) is 7.46. The fourth-order valence-corrected chi connectivity index (χ4v) is 2.84. The van der Waals surface area contributed by atoms with Gasteiger partial charge in [-0.05, 0) is 30.5 Å². The van der Waals surface area contributed by atoms with Crippen LogP contribution in [0.5, 0.6) is 11.5 Å². The highest BCUT2D eigenvalue weighted by molar-refractivity contribution is 6.32. The van der Waals surface area contributed by atoms with E-state index in [1.165, 1.54) is 25.7 Å². The highest BCUT2D eigenvalue weighted by Gasteiger charge is 2.15. The summed E-state index contributed by atoms with van der Waals surface area (Å²) >= 11 is 6.28. The molecule has 1 aromatic rings. The second kappa shape index (κ2) is 7.55. The number of hydrogen-bond acceptors (Lipinski definition) is 3. The van der Waals surface area contributed by atoms with Crippen LogP contribution in [0.15, 0.2) is 24.8 Å². The van der Waals surface area contributed by atoms with E-state index >= 15 is 0 Å². The molecule has 1 N–H and O–H groups in total. The summed E-state index contributed by atoms with van der Waals surface area (Å²) in [5.74, 6) is 1.25. The Hall–Kier alpha value is -1.19. The largest absolute Gasteiger partial charge is 0.493 e. The van der Waals surface area contributed by atoms with Crippen molar-refractivity contribution in [3.63, 3.8) is 0 Å². The summed E-state index contributed by atoms with van der Waals surface area (Å²) in [4.78, 5) is 0. The van der Waals surface area contributed by atoms with E-state index in [1.807, 2.05) is 12.1 Å². The summed E-state index contributed by atoms with van der Waals surface area (Å²) in [6.45, 7) is 4.85. The van der Waals surface area contributed by atoms with Crippen molar-refractivity contribution < 1.29 is 9.47 Å². The van der Waals surface area contributed by atoms with Gasteiger partial charge in [-0.3, -0.25) is 0 Å². The van der Waals surface area contributed by atoms with Gasteiger partial charge in [0.05, 0.1) is 12.1 Å². The molecule has 0 heterocycles. The molecule has 110 valence electrons. The van der Waals surface area contributed by atoms with Gasteiger partial charge in [-0.15, -0.1) is 0 Å². The number of nitrogens with one attached hydrogen (secondary N) is 1. The molecule has 20 heavy (non-hydrogen) atoms. The van der Waals surface area contributed by atoms with E-state index in [0.29, 0.717) is 29.2 Å². The van der Waals surface area contributed by atoms with Crippen LogP contribution in [0.2, 0.25) is 5.02 Å². The average molecular weight is 296 g/mol. The molecule has 0 aromatic heterocycles. The third-order valence-electron chi connectivity index (χ3n) is 3.58. The van der Waals surface area contributed by atoms with Crippen LogP contribution in [-0.2, 0) is 6.54 Å². The molecule has 4 heteroatoms. The molecule has 0 unspecified atom stereocenters. The van der Waals surface area contributed by atoms with Crippen LogP contribution in [0.25, 0.3) is 0 Å². The van der Waals surface area contributed by atoms with Crippen LogP contribution in [-0.4, -0.2) is 19.8 Å². The first kappa shape index (κ1) is 15.2. The maximum absolute atomic E-state index is 6.28. The molecule has 0 aliphatic heterocycles. The van der Waals surface area contributed by atoms with Crippen LogP contribution in [0.3, 0.4) is 0 Å². The van der Waals surface area contributed by atoms with Crippen molar-refractivity contribution in [2.45, 2.75) is 38.3 Å². The zero-order valence-electron chi connectivity index (χ0n) is 12.0. The molecular formula is C16H22ClNO2. The van der Waals surface area contributed by atoms with Crippen molar-refractivity contribution in [3.8, 4) is 11.5 Å². The van der Waals surface area contributed by atoms with Gasteiger partial charge in [-0.1, -0.05) is 37.1 Å². The fourth-order valence-electron chi connectivity index (χ4n) is 2.55. The summed E-state index contributed by atoms with van der Waals surface area (Å²) in [7, 11) is 1.63. The lowest BCUT2D eigenvalue weighted by Gasteiger charge is -2.15. The minimum atomic E-state index is 0.412. The topological polar surface area (TPSA) is 30.5 Å². The maximum atomic E-state index is 6.28. The Bertz CT molecular complexity index is 456. The van der Waals surface area contributed by atoms with Crippen LogP contribution in [0.1, 0.15) is 31.2 Å². The number of hydrogen-bond donors (Lipinski definition) is 1. The second-order valence-corrected chi connectivity index (χ2v) is 5.48. The molecule has 0 radical (unpaired) electrons. The number of rotatable bonds is 7. The molecule has 1 aliphatic carbocycles. The summed E-state index contributed by atoms with van der Waals surface area (Å²) in [5, 5.41) is 4.15. The highest BCUT2D eigenvalue weighted by atomic mass is 35.5. The summed E-state index contributed by atoms with van der Waals surface area (Å²) in [6.07, 6.45) is 6.88. The van der Waals surface area contributed by atoms with Gasteiger partial charge in [0.1, 0.15) is 6.61 Å². The molecule has 2 rings (SSSR count). The van der Waals surface area contributed by atoms with Gasteiger partial charge in [0.2, 0.25) is 0 Å². The summed E-state index contributed by atoms with van der Waals surface area (Å²) < 4.78 is 10.9. The van der Waals surface area contributed by atoms with E-state index < -0.39 is 0 Å². The predicted molar refractivity (Wildman–Crippen MR) is 82.8 cm³/mol. The summed E-state index contributed by atoms with van der Waals surface area (Å²) in [5.41, 5.74) is 1.12. The molecule has 0 bridgehead atoms. The van der Waals surface area contributed by atoms with Crippen LogP contribution < -0.4 is 14.8 Å². The third kappa shape index (κ3) is 3.90. The van der Waals surface area contributed by atoms with E-state index in [4.69, 9.17) is 21.1 Å². The lowest BCUT2D eigenvalue weighted by molar-refractivity contribution is 0.326. The molecule has 0 saturated heterocycles.